The first-order chi connectivity index (χ1) is 18.5. The minimum Gasteiger partial charge on any atom is -0.493 e. The van der Waals surface area contributed by atoms with Crippen LogP contribution < -0.4 is 4.74 Å². The molecule has 210 valence electrons. The van der Waals surface area contributed by atoms with Crippen LogP contribution in [0.4, 0.5) is 0 Å². The predicted molar refractivity (Wildman–Crippen MR) is 147 cm³/mol. The number of rotatable bonds is 16. The molecule has 1 fully saturated rings. The zero-order chi connectivity index (χ0) is 27.0. The van der Waals surface area contributed by atoms with Gasteiger partial charge in [0, 0.05) is 45.3 Å². The molecule has 7 nitrogen and oxygen atoms in total. The molecule has 1 spiro atoms. The predicted octanol–water partition coefficient (Wildman–Crippen LogP) is 4.86. The largest absolute Gasteiger partial charge is 0.493 e. The molecule has 38 heavy (non-hydrogen) atoms. The molecule has 0 radical (unpaired) electrons. The van der Waals surface area contributed by atoms with Crippen LogP contribution >= 0.6 is 0 Å². The molecule has 7 heteroatoms. The number of hydrogen-bond acceptors (Lipinski definition) is 7. The van der Waals surface area contributed by atoms with Crippen molar-refractivity contribution >= 4 is 0 Å². The maximum Gasteiger partial charge on any atom is 0.127 e. The number of aryl methyl sites for hydroxylation is 2. The van der Waals surface area contributed by atoms with E-state index < -0.39 is 0 Å². The quantitative estimate of drug-likeness (QED) is 0.288. The van der Waals surface area contributed by atoms with Gasteiger partial charge in [0.25, 0.3) is 0 Å². The van der Waals surface area contributed by atoms with Crippen LogP contribution in [0.3, 0.4) is 0 Å². The van der Waals surface area contributed by atoms with Crippen molar-refractivity contribution < 1.29 is 33.2 Å². The summed E-state index contributed by atoms with van der Waals surface area (Å²) in [6.45, 7) is 8.99. The highest BCUT2D eigenvalue weighted by molar-refractivity contribution is 5.86. The molecule has 2 unspecified atom stereocenters. The van der Waals surface area contributed by atoms with E-state index in [4.69, 9.17) is 33.2 Å². The number of ether oxygens (including phenoxy) is 7. The topological polar surface area (TPSA) is 64.6 Å². The summed E-state index contributed by atoms with van der Waals surface area (Å²) < 4.78 is 40.4. The highest BCUT2D eigenvalue weighted by atomic mass is 16.6. The second-order valence-corrected chi connectivity index (χ2v) is 10.3. The van der Waals surface area contributed by atoms with E-state index in [1.165, 1.54) is 33.4 Å². The van der Waals surface area contributed by atoms with E-state index in [-0.39, 0.29) is 17.6 Å². The van der Waals surface area contributed by atoms with Gasteiger partial charge in [-0.1, -0.05) is 29.8 Å². The lowest BCUT2D eigenvalue weighted by Gasteiger charge is -2.28. The molecule has 2 aliphatic carbocycles. The van der Waals surface area contributed by atoms with Crippen molar-refractivity contribution in [2.24, 2.45) is 0 Å². The van der Waals surface area contributed by atoms with E-state index in [2.05, 4.69) is 44.2 Å². The summed E-state index contributed by atoms with van der Waals surface area (Å²) >= 11 is 0. The number of methoxy groups -OCH3 is 3. The molecule has 0 aliphatic heterocycles. The zero-order valence-corrected chi connectivity index (χ0v) is 23.7. The highest BCUT2D eigenvalue weighted by Crippen LogP contribution is 2.60. The lowest BCUT2D eigenvalue weighted by Crippen LogP contribution is -2.28. The second kappa shape index (κ2) is 13.9. The molecule has 0 saturated heterocycles. The molecule has 0 N–H and O–H groups in total. The van der Waals surface area contributed by atoms with Crippen molar-refractivity contribution in [1.82, 2.24) is 0 Å². The van der Waals surface area contributed by atoms with Gasteiger partial charge in [-0.2, -0.15) is 0 Å². The van der Waals surface area contributed by atoms with E-state index in [0.29, 0.717) is 52.9 Å². The van der Waals surface area contributed by atoms with Crippen LogP contribution in [0.1, 0.15) is 41.5 Å². The van der Waals surface area contributed by atoms with Crippen LogP contribution in [0.15, 0.2) is 30.3 Å². The van der Waals surface area contributed by atoms with Gasteiger partial charge in [-0.15, -0.1) is 0 Å². The summed E-state index contributed by atoms with van der Waals surface area (Å²) in [5.41, 5.74) is 7.39. The Labute approximate surface area is 227 Å². The fourth-order valence-electron chi connectivity index (χ4n) is 5.90. The van der Waals surface area contributed by atoms with Crippen LogP contribution in [0.25, 0.3) is 11.1 Å². The third-order valence-corrected chi connectivity index (χ3v) is 7.60. The van der Waals surface area contributed by atoms with Crippen molar-refractivity contribution in [2.45, 2.75) is 50.7 Å². The van der Waals surface area contributed by atoms with Crippen LogP contribution in [-0.2, 0) is 33.8 Å². The van der Waals surface area contributed by atoms with Crippen LogP contribution in [-0.4, -0.2) is 86.4 Å². The summed E-state index contributed by atoms with van der Waals surface area (Å²) in [5, 5.41) is 0. The number of hydrogen-bond donors (Lipinski definition) is 0. The number of benzene rings is 2. The normalized spacial score (nSPS) is 21.7. The first-order valence-electron chi connectivity index (χ1n) is 13.7. The molecule has 2 atom stereocenters. The Kier molecular flexibility index (Phi) is 10.6. The Morgan fingerprint density at radius 3 is 1.97 bits per heavy atom. The molecule has 0 amide bonds. The first-order valence-corrected chi connectivity index (χ1v) is 13.7. The Bertz CT molecular complexity index is 1020. The Morgan fingerprint density at radius 2 is 1.32 bits per heavy atom. The summed E-state index contributed by atoms with van der Waals surface area (Å²) in [5.74, 6) is 0.944. The third kappa shape index (κ3) is 6.41. The average Bonchev–Trinajstić information content (AvgIpc) is 3.39. The smallest absolute Gasteiger partial charge is 0.127 e. The minimum absolute atomic E-state index is 0.0320. The third-order valence-electron chi connectivity index (χ3n) is 7.60. The Hall–Kier alpha value is -2.00. The Balaban J connectivity index is 1.64. The lowest BCUT2D eigenvalue weighted by molar-refractivity contribution is -0.0742. The number of fused-ring (bicyclic) bond motifs is 5. The van der Waals surface area contributed by atoms with E-state index in [0.717, 1.165) is 25.0 Å². The SMILES string of the molecule is COCCOCCCOc1cc(C)cc2c1-c1ccc(C)cc1C21CC(OCCOC)C(OCCOC)C1. The van der Waals surface area contributed by atoms with Crippen molar-refractivity contribution in [3.8, 4) is 16.9 Å². The van der Waals surface area contributed by atoms with Crippen molar-refractivity contribution in [2.75, 3.05) is 74.2 Å². The van der Waals surface area contributed by atoms with E-state index in [9.17, 15) is 0 Å². The van der Waals surface area contributed by atoms with Crippen molar-refractivity contribution in [3.63, 3.8) is 0 Å². The standard InChI is InChI=1S/C31H44O7/c1-22-7-8-24-25(17-22)31(20-28(37-15-12-33-4)29(21-31)38-16-13-34-5)26-18-23(2)19-27(30(24)26)36-10-6-9-35-14-11-32-3/h7-8,17-19,28-29H,6,9-16,20-21H2,1-5H3. The molecule has 0 heterocycles. The molecule has 0 aromatic heterocycles. The zero-order valence-electron chi connectivity index (χ0n) is 23.7. The summed E-state index contributed by atoms with van der Waals surface area (Å²) in [7, 11) is 5.09. The van der Waals surface area contributed by atoms with Crippen LogP contribution in [0, 0.1) is 13.8 Å². The van der Waals surface area contributed by atoms with Gasteiger partial charge < -0.3 is 33.2 Å². The fourth-order valence-corrected chi connectivity index (χ4v) is 5.90. The molecular formula is C31H44O7. The average molecular weight is 529 g/mol. The van der Waals surface area contributed by atoms with E-state index in [1.54, 1.807) is 21.3 Å². The molecule has 2 aliphatic rings. The minimum atomic E-state index is -0.195. The molecule has 1 saturated carbocycles. The van der Waals surface area contributed by atoms with Gasteiger partial charge in [-0.05, 0) is 55.0 Å². The lowest BCUT2D eigenvalue weighted by atomic mass is 9.76. The maximum atomic E-state index is 6.43. The highest BCUT2D eigenvalue weighted by Gasteiger charge is 2.54. The first kappa shape index (κ1) is 29.0. The van der Waals surface area contributed by atoms with E-state index in [1.807, 2.05) is 0 Å². The monoisotopic (exact) mass is 528 g/mol. The summed E-state index contributed by atoms with van der Waals surface area (Å²) in [6.07, 6.45) is 2.47. The van der Waals surface area contributed by atoms with Gasteiger partial charge in [0.15, 0.2) is 0 Å². The maximum absolute atomic E-state index is 6.43. The van der Waals surface area contributed by atoms with Gasteiger partial charge in [-0.25, -0.2) is 0 Å². The van der Waals surface area contributed by atoms with Crippen LogP contribution in [0.2, 0.25) is 0 Å². The molecule has 4 rings (SSSR count). The Morgan fingerprint density at radius 1 is 0.684 bits per heavy atom. The van der Waals surface area contributed by atoms with Gasteiger partial charge in [-0.3, -0.25) is 0 Å². The molecular weight excluding hydrogens is 484 g/mol. The van der Waals surface area contributed by atoms with Gasteiger partial charge in [0.1, 0.15) is 5.75 Å². The van der Waals surface area contributed by atoms with Crippen LogP contribution in [0.5, 0.6) is 5.75 Å². The van der Waals surface area contributed by atoms with Crippen molar-refractivity contribution in [3.05, 3.63) is 52.6 Å². The molecule has 0 bridgehead atoms. The van der Waals surface area contributed by atoms with Gasteiger partial charge in [0.2, 0.25) is 0 Å². The summed E-state index contributed by atoms with van der Waals surface area (Å²) in [4.78, 5) is 0. The van der Waals surface area contributed by atoms with Gasteiger partial charge >= 0.3 is 0 Å². The second-order valence-electron chi connectivity index (χ2n) is 10.3. The summed E-state index contributed by atoms with van der Waals surface area (Å²) in [6, 6.07) is 11.3. The fraction of sp³-hybridized carbons (Fsp3) is 0.613. The van der Waals surface area contributed by atoms with Gasteiger partial charge in [0.05, 0.1) is 58.5 Å². The molecule has 2 aromatic carbocycles. The van der Waals surface area contributed by atoms with Crippen molar-refractivity contribution in [1.29, 1.82) is 0 Å². The van der Waals surface area contributed by atoms with E-state index >= 15 is 0 Å². The molecule has 2 aromatic rings.